The molecule has 1 aromatic carbocycles. The zero-order chi connectivity index (χ0) is 19.3. The van der Waals surface area contributed by atoms with Crippen molar-refractivity contribution in [3.63, 3.8) is 0 Å². The lowest BCUT2D eigenvalue weighted by molar-refractivity contribution is -0.165. The average molecular weight is 386 g/mol. The molecule has 27 heavy (non-hydrogen) atoms. The van der Waals surface area contributed by atoms with Crippen LogP contribution in [0, 0.1) is 5.41 Å². The molecule has 0 unspecified atom stereocenters. The monoisotopic (exact) mass is 385 g/mol. The molecular weight excluding hydrogens is 370 g/mol. The average Bonchev–Trinajstić information content (AvgIpc) is 3.05. The van der Waals surface area contributed by atoms with Crippen LogP contribution in [0.15, 0.2) is 36.5 Å². The number of aromatic nitrogens is 1. The first-order valence-electron chi connectivity index (χ1n) is 8.37. The van der Waals surface area contributed by atoms with E-state index in [0.29, 0.717) is 22.9 Å². The van der Waals surface area contributed by atoms with Crippen molar-refractivity contribution >= 4 is 35.0 Å². The van der Waals surface area contributed by atoms with Crippen LogP contribution < -0.4 is 4.90 Å². The number of imide groups is 1. The Labute approximate surface area is 160 Å². The molecule has 3 amide bonds. The first-order valence-corrected chi connectivity index (χ1v) is 8.74. The number of rotatable bonds is 3. The Kier molecular flexibility index (Phi) is 4.01. The van der Waals surface area contributed by atoms with Crippen LogP contribution in [0.2, 0.25) is 5.02 Å². The maximum absolute atomic E-state index is 12.5. The number of hydroxylamine groups is 2. The molecule has 1 aromatic heterocycles. The molecule has 0 spiro atoms. The Hall–Kier alpha value is -2.77. The molecule has 0 atom stereocenters. The highest BCUT2D eigenvalue weighted by molar-refractivity contribution is 6.35. The lowest BCUT2D eigenvalue weighted by Crippen LogP contribution is -2.31. The third-order valence-corrected chi connectivity index (χ3v) is 4.99. The molecule has 1 fully saturated rings. The van der Waals surface area contributed by atoms with Gasteiger partial charge in [0.15, 0.2) is 0 Å². The number of hydrogen-bond acceptors (Lipinski definition) is 5. The maximum Gasteiger partial charge on any atom is 0.284 e. The molecule has 4 rings (SSSR count). The molecule has 2 aliphatic heterocycles. The highest BCUT2D eigenvalue weighted by atomic mass is 35.5. The zero-order valence-corrected chi connectivity index (χ0v) is 15.5. The van der Waals surface area contributed by atoms with Crippen molar-refractivity contribution in [2.24, 2.45) is 5.41 Å². The van der Waals surface area contributed by atoms with E-state index in [4.69, 9.17) is 16.4 Å². The summed E-state index contributed by atoms with van der Waals surface area (Å²) in [6.45, 7) is 4.13. The highest BCUT2D eigenvalue weighted by Gasteiger charge is 2.41. The van der Waals surface area contributed by atoms with Gasteiger partial charge in [0.2, 0.25) is 0 Å². The van der Waals surface area contributed by atoms with Crippen molar-refractivity contribution in [2.45, 2.75) is 20.4 Å². The summed E-state index contributed by atoms with van der Waals surface area (Å²) in [7, 11) is 0. The highest BCUT2D eigenvalue weighted by Crippen LogP contribution is 2.33. The van der Waals surface area contributed by atoms with Gasteiger partial charge in [-0.25, -0.2) is 9.96 Å². The van der Waals surface area contributed by atoms with Crippen molar-refractivity contribution in [2.75, 3.05) is 11.5 Å². The summed E-state index contributed by atoms with van der Waals surface area (Å²) in [6.07, 6.45) is 1.47. The van der Waals surface area contributed by atoms with Gasteiger partial charge in [0.1, 0.15) is 5.69 Å². The van der Waals surface area contributed by atoms with Gasteiger partial charge < -0.3 is 0 Å². The molecule has 8 heteroatoms. The maximum atomic E-state index is 12.5. The number of halogens is 1. The molecule has 138 valence electrons. The lowest BCUT2D eigenvalue weighted by Gasteiger charge is -2.19. The van der Waals surface area contributed by atoms with Gasteiger partial charge in [0, 0.05) is 11.2 Å². The lowest BCUT2D eigenvalue weighted by atomic mass is 9.95. The second-order valence-electron chi connectivity index (χ2n) is 7.12. The van der Waals surface area contributed by atoms with E-state index in [2.05, 4.69) is 4.98 Å². The van der Waals surface area contributed by atoms with Gasteiger partial charge in [-0.2, -0.15) is 0 Å². The minimum absolute atomic E-state index is 0.117. The van der Waals surface area contributed by atoms with Crippen LogP contribution in [0.25, 0.3) is 0 Å². The number of pyridine rings is 1. The molecule has 0 radical (unpaired) electrons. The van der Waals surface area contributed by atoms with E-state index in [0.717, 1.165) is 4.90 Å². The molecule has 0 bridgehead atoms. The molecular formula is C19H16ClN3O4. The quantitative estimate of drug-likeness (QED) is 0.759. The summed E-state index contributed by atoms with van der Waals surface area (Å²) in [6, 6.07) is 8.00. The number of hydrogen-bond donors (Lipinski definition) is 0. The molecule has 1 saturated heterocycles. The van der Waals surface area contributed by atoms with Gasteiger partial charge in [0.05, 0.1) is 29.8 Å². The zero-order valence-electron chi connectivity index (χ0n) is 14.7. The molecule has 0 saturated carbocycles. The number of carbonyl (C=O) groups is 3. The fraction of sp³-hybridized carbons (Fsp3) is 0.263. The summed E-state index contributed by atoms with van der Waals surface area (Å²) in [5, 5.41) is 1.62. The Bertz CT molecular complexity index is 954. The van der Waals surface area contributed by atoms with Crippen molar-refractivity contribution in [3.05, 3.63) is 58.4 Å². The molecule has 3 heterocycles. The van der Waals surface area contributed by atoms with Crippen LogP contribution in [0.4, 0.5) is 5.69 Å². The smallest absolute Gasteiger partial charge is 0.272 e. The van der Waals surface area contributed by atoms with Gasteiger partial charge in [0.25, 0.3) is 17.7 Å². The predicted molar refractivity (Wildman–Crippen MR) is 97.1 cm³/mol. The standard InChI is InChI=1S/C19H16ClN3O4/c1-19(2)10-27-22(18(19)26)9-11-5-6-12(8-14(11)20)23-16(24)13-4-3-7-21-15(13)17(23)25/h3-8H,9-10H2,1-2H3. The summed E-state index contributed by atoms with van der Waals surface area (Å²) < 4.78 is 0. The predicted octanol–water partition coefficient (Wildman–Crippen LogP) is 2.84. The molecule has 0 N–H and O–H groups in total. The van der Waals surface area contributed by atoms with Crippen molar-refractivity contribution < 1.29 is 19.2 Å². The van der Waals surface area contributed by atoms with Crippen LogP contribution in [0.3, 0.4) is 0 Å². The van der Waals surface area contributed by atoms with Gasteiger partial charge in [-0.1, -0.05) is 17.7 Å². The Morgan fingerprint density at radius 1 is 1.19 bits per heavy atom. The van der Waals surface area contributed by atoms with E-state index < -0.39 is 17.2 Å². The minimum atomic E-state index is -0.570. The largest absolute Gasteiger partial charge is 0.284 e. The first-order chi connectivity index (χ1) is 12.8. The van der Waals surface area contributed by atoms with E-state index in [1.165, 1.54) is 17.3 Å². The fourth-order valence-corrected chi connectivity index (χ4v) is 3.31. The third kappa shape index (κ3) is 2.79. The molecule has 2 aromatic rings. The van der Waals surface area contributed by atoms with E-state index in [1.54, 1.807) is 24.3 Å². The van der Waals surface area contributed by atoms with E-state index in [9.17, 15) is 14.4 Å². The van der Waals surface area contributed by atoms with E-state index in [1.807, 2.05) is 13.8 Å². The second kappa shape index (κ2) is 6.14. The van der Waals surface area contributed by atoms with E-state index >= 15 is 0 Å². The van der Waals surface area contributed by atoms with Crippen LogP contribution in [-0.4, -0.2) is 34.4 Å². The van der Waals surface area contributed by atoms with Crippen LogP contribution in [0.5, 0.6) is 0 Å². The topological polar surface area (TPSA) is 79.8 Å². The van der Waals surface area contributed by atoms with E-state index in [-0.39, 0.29) is 23.7 Å². The second-order valence-corrected chi connectivity index (χ2v) is 7.53. The number of amides is 3. The van der Waals surface area contributed by atoms with Gasteiger partial charge in [-0.05, 0) is 43.7 Å². The summed E-state index contributed by atoms with van der Waals surface area (Å²) in [4.78, 5) is 47.8. The summed E-state index contributed by atoms with van der Waals surface area (Å²) in [5.41, 5.74) is 0.827. The summed E-state index contributed by atoms with van der Waals surface area (Å²) in [5.74, 6) is -1.04. The third-order valence-electron chi connectivity index (χ3n) is 4.64. The normalized spacial score (nSPS) is 18.4. The van der Waals surface area contributed by atoms with Crippen LogP contribution in [-0.2, 0) is 16.2 Å². The number of nitrogens with zero attached hydrogens (tertiary/aromatic N) is 3. The SMILES string of the molecule is CC1(C)CON(Cc2ccc(N3C(=O)c4cccnc4C3=O)cc2Cl)C1=O. The fourth-order valence-electron chi connectivity index (χ4n) is 3.07. The van der Waals surface area contributed by atoms with Gasteiger partial charge in [-0.15, -0.1) is 0 Å². The van der Waals surface area contributed by atoms with Gasteiger partial charge >= 0.3 is 0 Å². The minimum Gasteiger partial charge on any atom is -0.272 e. The van der Waals surface area contributed by atoms with Crippen LogP contribution >= 0.6 is 11.6 Å². The number of anilines is 1. The van der Waals surface area contributed by atoms with Crippen molar-refractivity contribution in [3.8, 4) is 0 Å². The van der Waals surface area contributed by atoms with Gasteiger partial charge in [-0.3, -0.25) is 24.2 Å². The number of benzene rings is 1. The Morgan fingerprint density at radius 3 is 2.59 bits per heavy atom. The Morgan fingerprint density at radius 2 is 1.96 bits per heavy atom. The molecule has 0 aliphatic carbocycles. The Balaban J connectivity index is 1.59. The van der Waals surface area contributed by atoms with Crippen LogP contribution in [0.1, 0.15) is 40.3 Å². The summed E-state index contributed by atoms with van der Waals surface area (Å²) >= 11 is 6.35. The molecule has 2 aliphatic rings. The van der Waals surface area contributed by atoms with Crippen molar-refractivity contribution in [1.82, 2.24) is 10.0 Å². The number of fused-ring (bicyclic) bond motifs is 1. The first kappa shape index (κ1) is 17.6. The molecule has 7 nitrogen and oxygen atoms in total. The van der Waals surface area contributed by atoms with Crippen molar-refractivity contribution in [1.29, 1.82) is 0 Å². The number of carbonyl (C=O) groups excluding carboxylic acids is 3.